The number of halogens is 1. The highest BCUT2D eigenvalue weighted by Crippen LogP contribution is 2.29. The van der Waals surface area contributed by atoms with Gasteiger partial charge in [0.15, 0.2) is 5.01 Å². The van der Waals surface area contributed by atoms with E-state index in [1.54, 1.807) is 12.4 Å². The summed E-state index contributed by atoms with van der Waals surface area (Å²) in [4.78, 5) is 21.0. The molecule has 3 atom stereocenters. The SMILES string of the molecule is O=C(NC1CC2CCC1N2)c1ncc(-c2cncc(F)c2)s1. The van der Waals surface area contributed by atoms with Crippen LogP contribution < -0.4 is 10.6 Å². The van der Waals surface area contributed by atoms with Gasteiger partial charge in [0.05, 0.1) is 11.1 Å². The Hall–Kier alpha value is -1.86. The average Bonchev–Trinajstić information content (AvgIpc) is 3.23. The van der Waals surface area contributed by atoms with Crippen LogP contribution in [-0.4, -0.2) is 34.0 Å². The third kappa shape index (κ3) is 2.50. The first-order chi connectivity index (χ1) is 10.7. The standard InChI is InChI=1S/C15H15FN4OS/c16-9-3-8(5-17-6-9)13-7-18-15(22-13)14(21)20-12-4-10-1-2-11(12)19-10/h3,5-7,10-12,19H,1-2,4H2,(H,20,21). The Kier molecular flexibility index (Phi) is 3.38. The number of rotatable bonds is 3. The van der Waals surface area contributed by atoms with E-state index in [4.69, 9.17) is 0 Å². The van der Waals surface area contributed by atoms with Crippen molar-refractivity contribution in [3.05, 3.63) is 35.5 Å². The molecular weight excluding hydrogens is 303 g/mol. The molecule has 0 aromatic carbocycles. The molecule has 4 rings (SSSR count). The minimum Gasteiger partial charge on any atom is -0.346 e. The van der Waals surface area contributed by atoms with Crippen molar-refractivity contribution in [1.29, 1.82) is 0 Å². The van der Waals surface area contributed by atoms with E-state index in [1.165, 1.54) is 23.8 Å². The van der Waals surface area contributed by atoms with Crippen molar-refractivity contribution in [3.63, 3.8) is 0 Å². The van der Waals surface area contributed by atoms with Crippen molar-refractivity contribution in [2.45, 2.75) is 37.4 Å². The highest BCUT2D eigenvalue weighted by atomic mass is 32.1. The number of amides is 1. The maximum absolute atomic E-state index is 13.2. The second-order valence-corrected chi connectivity index (χ2v) is 6.82. The summed E-state index contributed by atoms with van der Waals surface area (Å²) in [6, 6.07) is 2.51. The molecule has 0 spiro atoms. The Bertz CT molecular complexity index is 719. The Morgan fingerprint density at radius 2 is 2.27 bits per heavy atom. The minimum absolute atomic E-state index is 0.153. The normalized spacial score (nSPS) is 26.3. The van der Waals surface area contributed by atoms with Gasteiger partial charge in [0.25, 0.3) is 5.91 Å². The molecular formula is C15H15FN4OS. The Morgan fingerprint density at radius 3 is 3.00 bits per heavy atom. The van der Waals surface area contributed by atoms with Gasteiger partial charge in [-0.3, -0.25) is 9.78 Å². The van der Waals surface area contributed by atoms with Gasteiger partial charge in [-0.25, -0.2) is 9.37 Å². The third-order valence-corrected chi connectivity index (χ3v) is 5.35. The summed E-state index contributed by atoms with van der Waals surface area (Å²) >= 11 is 1.26. The van der Waals surface area contributed by atoms with E-state index >= 15 is 0 Å². The molecule has 2 N–H and O–H groups in total. The van der Waals surface area contributed by atoms with Gasteiger partial charge >= 0.3 is 0 Å². The molecule has 2 saturated heterocycles. The number of fused-ring (bicyclic) bond motifs is 2. The molecule has 114 valence electrons. The van der Waals surface area contributed by atoms with E-state index in [0.717, 1.165) is 23.9 Å². The number of thiazole rings is 1. The van der Waals surface area contributed by atoms with Gasteiger partial charge in [-0.1, -0.05) is 0 Å². The van der Waals surface area contributed by atoms with E-state index in [0.29, 0.717) is 22.7 Å². The first-order valence-electron chi connectivity index (χ1n) is 7.33. The van der Waals surface area contributed by atoms with Gasteiger partial charge in [0, 0.05) is 36.1 Å². The lowest BCUT2D eigenvalue weighted by Gasteiger charge is -2.20. The molecule has 2 aliphatic heterocycles. The van der Waals surface area contributed by atoms with Crippen molar-refractivity contribution >= 4 is 17.2 Å². The summed E-state index contributed by atoms with van der Waals surface area (Å²) in [5, 5.41) is 6.95. The number of nitrogens with zero attached hydrogens (tertiary/aromatic N) is 2. The van der Waals surface area contributed by atoms with Crippen molar-refractivity contribution in [2.75, 3.05) is 0 Å². The minimum atomic E-state index is -0.398. The van der Waals surface area contributed by atoms with Crippen molar-refractivity contribution < 1.29 is 9.18 Å². The molecule has 22 heavy (non-hydrogen) atoms. The fourth-order valence-corrected chi connectivity index (χ4v) is 4.07. The lowest BCUT2D eigenvalue weighted by molar-refractivity contribution is 0.0930. The van der Waals surface area contributed by atoms with Crippen molar-refractivity contribution in [1.82, 2.24) is 20.6 Å². The molecule has 2 bridgehead atoms. The predicted octanol–water partition coefficient (Wildman–Crippen LogP) is 1.97. The van der Waals surface area contributed by atoms with Crippen LogP contribution in [0.5, 0.6) is 0 Å². The number of hydrogen-bond acceptors (Lipinski definition) is 5. The van der Waals surface area contributed by atoms with E-state index in [-0.39, 0.29) is 11.9 Å². The van der Waals surface area contributed by atoms with E-state index in [9.17, 15) is 9.18 Å². The highest BCUT2D eigenvalue weighted by molar-refractivity contribution is 7.16. The van der Waals surface area contributed by atoms with Gasteiger partial charge in [0.1, 0.15) is 5.82 Å². The molecule has 7 heteroatoms. The number of carbonyl (C=O) groups is 1. The summed E-state index contributed by atoms with van der Waals surface area (Å²) < 4.78 is 13.2. The van der Waals surface area contributed by atoms with Crippen LogP contribution in [0, 0.1) is 5.82 Å². The summed E-state index contributed by atoms with van der Waals surface area (Å²) in [5.74, 6) is -0.551. The molecule has 4 heterocycles. The highest BCUT2D eigenvalue weighted by Gasteiger charge is 2.39. The zero-order chi connectivity index (χ0) is 15.1. The second-order valence-electron chi connectivity index (χ2n) is 5.78. The third-order valence-electron chi connectivity index (χ3n) is 4.31. The zero-order valence-corrected chi connectivity index (χ0v) is 12.6. The molecule has 0 saturated carbocycles. The number of pyridine rings is 1. The number of hydrogen-bond donors (Lipinski definition) is 2. The van der Waals surface area contributed by atoms with E-state index < -0.39 is 5.82 Å². The van der Waals surface area contributed by atoms with Gasteiger partial charge < -0.3 is 10.6 Å². The number of aromatic nitrogens is 2. The smallest absolute Gasteiger partial charge is 0.280 e. The van der Waals surface area contributed by atoms with Crippen molar-refractivity contribution in [3.8, 4) is 10.4 Å². The first kappa shape index (κ1) is 13.8. The van der Waals surface area contributed by atoms with Gasteiger partial charge in [-0.2, -0.15) is 0 Å². The van der Waals surface area contributed by atoms with E-state index in [1.807, 2.05) is 0 Å². The molecule has 3 unspecified atom stereocenters. The molecule has 0 aliphatic carbocycles. The van der Waals surface area contributed by atoms with Crippen LogP contribution in [0.2, 0.25) is 0 Å². The maximum Gasteiger partial charge on any atom is 0.280 e. The maximum atomic E-state index is 13.2. The van der Waals surface area contributed by atoms with E-state index in [2.05, 4.69) is 20.6 Å². The lowest BCUT2D eigenvalue weighted by atomic mass is 9.95. The van der Waals surface area contributed by atoms with Crippen LogP contribution in [0.25, 0.3) is 10.4 Å². The summed E-state index contributed by atoms with van der Waals surface area (Å²) in [6.07, 6.45) is 7.62. The molecule has 2 aromatic heterocycles. The topological polar surface area (TPSA) is 66.9 Å². The largest absolute Gasteiger partial charge is 0.346 e. The van der Waals surface area contributed by atoms with Gasteiger partial charge in [-0.15, -0.1) is 11.3 Å². The number of nitrogens with one attached hydrogen (secondary N) is 2. The fourth-order valence-electron chi connectivity index (χ4n) is 3.27. The molecule has 1 amide bonds. The molecule has 0 radical (unpaired) electrons. The Balaban J connectivity index is 1.48. The second kappa shape index (κ2) is 5.40. The van der Waals surface area contributed by atoms with Crippen LogP contribution in [-0.2, 0) is 0 Å². The summed E-state index contributed by atoms with van der Waals surface area (Å²) in [7, 11) is 0. The van der Waals surface area contributed by atoms with Gasteiger partial charge in [0.2, 0.25) is 0 Å². The van der Waals surface area contributed by atoms with Crippen LogP contribution in [0.1, 0.15) is 29.1 Å². The summed E-state index contributed by atoms with van der Waals surface area (Å²) in [5.41, 5.74) is 0.637. The lowest BCUT2D eigenvalue weighted by Crippen LogP contribution is -2.42. The average molecular weight is 318 g/mol. The zero-order valence-electron chi connectivity index (χ0n) is 11.8. The van der Waals surface area contributed by atoms with Crippen molar-refractivity contribution in [2.24, 2.45) is 0 Å². The molecule has 2 aliphatic rings. The predicted molar refractivity (Wildman–Crippen MR) is 81.1 cm³/mol. The fraction of sp³-hybridized carbons (Fsp3) is 0.400. The monoisotopic (exact) mass is 318 g/mol. The van der Waals surface area contributed by atoms with Crippen LogP contribution >= 0.6 is 11.3 Å². The molecule has 2 fully saturated rings. The van der Waals surface area contributed by atoms with Crippen LogP contribution in [0.15, 0.2) is 24.7 Å². The van der Waals surface area contributed by atoms with Crippen LogP contribution in [0.4, 0.5) is 4.39 Å². The quantitative estimate of drug-likeness (QED) is 0.908. The number of carbonyl (C=O) groups excluding carboxylic acids is 1. The molecule has 5 nitrogen and oxygen atoms in total. The first-order valence-corrected chi connectivity index (χ1v) is 8.14. The Morgan fingerprint density at radius 1 is 1.36 bits per heavy atom. The molecule has 2 aromatic rings. The van der Waals surface area contributed by atoms with Crippen LogP contribution in [0.3, 0.4) is 0 Å². The Labute approximate surface area is 131 Å². The van der Waals surface area contributed by atoms with Gasteiger partial charge in [-0.05, 0) is 25.3 Å². The summed E-state index contributed by atoms with van der Waals surface area (Å²) in [6.45, 7) is 0.